The third kappa shape index (κ3) is 3.66. The van der Waals surface area contributed by atoms with Crippen LogP contribution in [0.3, 0.4) is 0 Å². The van der Waals surface area contributed by atoms with E-state index in [2.05, 4.69) is 25.8 Å². The summed E-state index contributed by atoms with van der Waals surface area (Å²) in [5.41, 5.74) is 1.68. The molecule has 0 saturated carbocycles. The Hall–Kier alpha value is -2.56. The number of ether oxygens (including phenoxy) is 1. The average Bonchev–Trinajstić information content (AvgIpc) is 3.09. The zero-order valence-electron chi connectivity index (χ0n) is 14.4. The lowest BCUT2D eigenvalue weighted by Gasteiger charge is -2.37. The van der Waals surface area contributed by atoms with Gasteiger partial charge in [-0.3, -0.25) is 4.90 Å². The van der Waals surface area contributed by atoms with Crippen LogP contribution in [0.1, 0.15) is 17.5 Å². The third-order valence-electron chi connectivity index (χ3n) is 5.01. The first-order valence-electron chi connectivity index (χ1n) is 8.78. The van der Waals surface area contributed by atoms with Crippen LogP contribution in [0.15, 0.2) is 36.7 Å². The second-order valence-electron chi connectivity index (χ2n) is 6.78. The lowest BCUT2D eigenvalue weighted by molar-refractivity contribution is 0.0469. The third-order valence-corrected chi connectivity index (χ3v) is 5.01. The fourth-order valence-corrected chi connectivity index (χ4v) is 3.71. The van der Waals surface area contributed by atoms with Crippen molar-refractivity contribution < 1.29 is 9.13 Å². The summed E-state index contributed by atoms with van der Waals surface area (Å²) in [4.78, 5) is 12.7. The normalized spacial score (nSPS) is 22.8. The van der Waals surface area contributed by atoms with Crippen LogP contribution in [0.25, 0.3) is 0 Å². The van der Waals surface area contributed by atoms with Crippen LogP contribution in [-0.4, -0.2) is 53.2 Å². The van der Waals surface area contributed by atoms with Crippen LogP contribution >= 0.6 is 0 Å². The van der Waals surface area contributed by atoms with Gasteiger partial charge >= 0.3 is 0 Å². The lowest BCUT2D eigenvalue weighted by Crippen LogP contribution is -2.50. The van der Waals surface area contributed by atoms with Crippen molar-refractivity contribution in [1.82, 2.24) is 14.9 Å². The van der Waals surface area contributed by atoms with Crippen LogP contribution in [0.2, 0.25) is 0 Å². The molecule has 1 aromatic carbocycles. The molecule has 2 atom stereocenters. The predicted octanol–water partition coefficient (Wildman–Crippen LogP) is 1.97. The number of rotatable bonds is 4. The Bertz CT molecular complexity index is 806. The SMILES string of the molecule is N#Cc1cccc(CO[C@H]2C[C@H]3CN(c4ncc(F)cn4)CCN3C2)c1. The number of aromatic nitrogens is 2. The van der Waals surface area contributed by atoms with Crippen LogP contribution < -0.4 is 4.90 Å². The fraction of sp³-hybridized carbons (Fsp3) is 0.421. The highest BCUT2D eigenvalue weighted by Gasteiger charge is 2.37. The molecule has 26 heavy (non-hydrogen) atoms. The van der Waals surface area contributed by atoms with Gasteiger partial charge in [0.15, 0.2) is 5.82 Å². The van der Waals surface area contributed by atoms with E-state index in [1.54, 1.807) is 6.07 Å². The monoisotopic (exact) mass is 353 g/mol. The lowest BCUT2D eigenvalue weighted by atomic mass is 10.1. The molecule has 0 unspecified atom stereocenters. The molecule has 0 aliphatic carbocycles. The number of benzene rings is 1. The van der Waals surface area contributed by atoms with Crippen molar-refractivity contribution in [2.24, 2.45) is 0 Å². The minimum Gasteiger partial charge on any atom is -0.372 e. The molecule has 3 heterocycles. The zero-order chi connectivity index (χ0) is 17.9. The first kappa shape index (κ1) is 16.9. The van der Waals surface area contributed by atoms with Crippen molar-refractivity contribution in [2.45, 2.75) is 25.2 Å². The number of nitrogens with zero attached hydrogens (tertiary/aromatic N) is 5. The van der Waals surface area contributed by atoms with E-state index in [0.717, 1.165) is 38.2 Å². The Labute approximate surface area is 151 Å². The van der Waals surface area contributed by atoms with E-state index in [4.69, 9.17) is 10.00 Å². The average molecular weight is 353 g/mol. The molecule has 6 nitrogen and oxygen atoms in total. The summed E-state index contributed by atoms with van der Waals surface area (Å²) in [6.07, 6.45) is 3.56. The molecule has 7 heteroatoms. The summed E-state index contributed by atoms with van der Waals surface area (Å²) in [6, 6.07) is 10.1. The molecule has 2 saturated heterocycles. The highest BCUT2D eigenvalue weighted by molar-refractivity contribution is 5.32. The van der Waals surface area contributed by atoms with E-state index in [1.807, 2.05) is 18.2 Å². The standard InChI is InChI=1S/C19H20FN5O/c20-16-9-22-19(23-10-16)25-5-4-24-12-18(7-17(24)11-25)26-13-15-3-1-2-14(6-15)8-21/h1-3,6,9-10,17-18H,4-5,7,11-13H2/t17-,18-/m0/s1. The number of hydrogen-bond acceptors (Lipinski definition) is 6. The number of nitriles is 1. The number of piperazine rings is 1. The van der Waals surface area contributed by atoms with E-state index >= 15 is 0 Å². The van der Waals surface area contributed by atoms with Gasteiger partial charge in [0.05, 0.1) is 36.7 Å². The van der Waals surface area contributed by atoms with Gasteiger partial charge in [-0.15, -0.1) is 0 Å². The van der Waals surface area contributed by atoms with Gasteiger partial charge in [-0.05, 0) is 24.1 Å². The first-order chi connectivity index (χ1) is 12.7. The summed E-state index contributed by atoms with van der Waals surface area (Å²) in [6.45, 7) is 4.02. The maximum Gasteiger partial charge on any atom is 0.225 e. The number of fused-ring (bicyclic) bond motifs is 1. The van der Waals surface area contributed by atoms with Crippen molar-refractivity contribution in [1.29, 1.82) is 5.26 Å². The van der Waals surface area contributed by atoms with Gasteiger partial charge in [-0.2, -0.15) is 5.26 Å². The van der Waals surface area contributed by atoms with Crippen molar-refractivity contribution in [3.8, 4) is 6.07 Å². The number of hydrogen-bond donors (Lipinski definition) is 0. The molecule has 2 aliphatic rings. The second kappa shape index (κ2) is 7.36. The highest BCUT2D eigenvalue weighted by Crippen LogP contribution is 2.26. The largest absolute Gasteiger partial charge is 0.372 e. The van der Waals surface area contributed by atoms with Crippen molar-refractivity contribution >= 4 is 5.95 Å². The van der Waals surface area contributed by atoms with Crippen LogP contribution in [0.4, 0.5) is 10.3 Å². The van der Waals surface area contributed by atoms with Gasteiger partial charge in [-0.25, -0.2) is 14.4 Å². The molecule has 1 aromatic heterocycles. The quantitative estimate of drug-likeness (QED) is 0.837. The molecule has 4 rings (SSSR count). The maximum absolute atomic E-state index is 13.0. The Morgan fingerprint density at radius 3 is 2.88 bits per heavy atom. The van der Waals surface area contributed by atoms with E-state index in [9.17, 15) is 4.39 Å². The predicted molar refractivity (Wildman–Crippen MR) is 93.9 cm³/mol. The number of anilines is 1. The van der Waals surface area contributed by atoms with Gasteiger partial charge in [0.1, 0.15) is 0 Å². The van der Waals surface area contributed by atoms with E-state index in [-0.39, 0.29) is 6.10 Å². The van der Waals surface area contributed by atoms with Crippen LogP contribution in [0, 0.1) is 17.1 Å². The molecule has 0 spiro atoms. The molecular weight excluding hydrogens is 333 g/mol. The molecule has 0 amide bonds. The minimum atomic E-state index is -0.415. The Balaban J connectivity index is 1.33. The van der Waals surface area contributed by atoms with E-state index in [1.165, 1.54) is 12.4 Å². The fourth-order valence-electron chi connectivity index (χ4n) is 3.71. The van der Waals surface area contributed by atoms with Crippen molar-refractivity contribution in [3.05, 3.63) is 53.6 Å². The molecule has 2 aliphatic heterocycles. The molecule has 0 radical (unpaired) electrons. The molecule has 2 aromatic rings. The highest BCUT2D eigenvalue weighted by atomic mass is 19.1. The van der Waals surface area contributed by atoms with Gasteiger partial charge in [-0.1, -0.05) is 12.1 Å². The zero-order valence-corrected chi connectivity index (χ0v) is 14.4. The van der Waals surface area contributed by atoms with E-state index < -0.39 is 5.82 Å². The second-order valence-corrected chi connectivity index (χ2v) is 6.78. The number of halogens is 1. The topological polar surface area (TPSA) is 65.3 Å². The Morgan fingerprint density at radius 2 is 2.08 bits per heavy atom. The summed E-state index contributed by atoms with van der Waals surface area (Å²) >= 11 is 0. The van der Waals surface area contributed by atoms with Gasteiger partial charge < -0.3 is 9.64 Å². The molecule has 0 bridgehead atoms. The van der Waals surface area contributed by atoms with Crippen molar-refractivity contribution in [3.63, 3.8) is 0 Å². The summed E-state index contributed by atoms with van der Waals surface area (Å²) in [5, 5.41) is 8.98. The minimum absolute atomic E-state index is 0.180. The molecule has 134 valence electrons. The van der Waals surface area contributed by atoms with Gasteiger partial charge in [0, 0.05) is 32.2 Å². The summed E-state index contributed by atoms with van der Waals surface area (Å²) in [7, 11) is 0. The van der Waals surface area contributed by atoms with Crippen LogP contribution in [0.5, 0.6) is 0 Å². The molecule has 2 fully saturated rings. The van der Waals surface area contributed by atoms with Crippen molar-refractivity contribution in [2.75, 3.05) is 31.1 Å². The summed E-state index contributed by atoms with van der Waals surface area (Å²) < 4.78 is 19.1. The van der Waals surface area contributed by atoms with E-state index in [0.29, 0.717) is 24.2 Å². The first-order valence-corrected chi connectivity index (χ1v) is 8.78. The summed E-state index contributed by atoms with van der Waals surface area (Å²) in [5.74, 6) is 0.172. The van der Waals surface area contributed by atoms with Gasteiger partial charge in [0.2, 0.25) is 5.95 Å². The smallest absolute Gasteiger partial charge is 0.225 e. The Kier molecular flexibility index (Phi) is 4.78. The van der Waals surface area contributed by atoms with Gasteiger partial charge in [0.25, 0.3) is 0 Å². The Morgan fingerprint density at radius 1 is 1.23 bits per heavy atom. The van der Waals surface area contributed by atoms with Crippen LogP contribution in [-0.2, 0) is 11.3 Å². The molecular formula is C19H20FN5O. The molecule has 0 N–H and O–H groups in total. The maximum atomic E-state index is 13.0.